The summed E-state index contributed by atoms with van der Waals surface area (Å²) in [5.74, 6) is 0.0927. The van der Waals surface area contributed by atoms with E-state index in [9.17, 15) is 9.59 Å². The number of amides is 2. The largest absolute Gasteiger partial charge is 0.306 e. The van der Waals surface area contributed by atoms with Crippen LogP contribution in [-0.4, -0.2) is 48.3 Å². The Kier molecular flexibility index (Phi) is 2.54. The summed E-state index contributed by atoms with van der Waals surface area (Å²) < 4.78 is 0. The molecule has 0 aromatic carbocycles. The van der Waals surface area contributed by atoms with Crippen LogP contribution in [0.5, 0.6) is 0 Å². The minimum Gasteiger partial charge on any atom is -0.306 e. The Balaban J connectivity index is 2.17. The zero-order chi connectivity index (χ0) is 11.1. The first kappa shape index (κ1) is 10.6. The number of hydrogen-bond donors (Lipinski definition) is 0. The van der Waals surface area contributed by atoms with Crippen molar-refractivity contribution in [2.45, 2.75) is 26.2 Å². The van der Waals surface area contributed by atoms with E-state index in [1.165, 1.54) is 4.90 Å². The molecule has 0 bridgehead atoms. The van der Waals surface area contributed by atoms with Gasteiger partial charge in [0.15, 0.2) is 0 Å². The third-order valence-corrected chi connectivity index (χ3v) is 3.75. The quantitative estimate of drug-likeness (QED) is 0.591. The second-order valence-corrected chi connectivity index (χ2v) is 4.70. The van der Waals surface area contributed by atoms with Crippen LogP contribution in [0.4, 0.5) is 0 Å². The van der Waals surface area contributed by atoms with Crippen LogP contribution in [0.1, 0.15) is 26.2 Å². The molecule has 0 atom stereocenters. The molecular weight excluding hydrogens is 192 g/mol. The van der Waals surface area contributed by atoms with Gasteiger partial charge in [-0.2, -0.15) is 0 Å². The monoisotopic (exact) mass is 210 g/mol. The Bertz CT molecular complexity index is 293. The Hall–Kier alpha value is -0.900. The molecule has 2 saturated heterocycles. The van der Waals surface area contributed by atoms with Gasteiger partial charge in [-0.1, -0.05) is 0 Å². The third kappa shape index (κ3) is 1.57. The molecule has 2 aliphatic heterocycles. The van der Waals surface area contributed by atoms with Crippen LogP contribution in [0.3, 0.4) is 0 Å². The lowest BCUT2D eigenvalue weighted by atomic mass is 9.77. The highest BCUT2D eigenvalue weighted by molar-refractivity contribution is 6.05. The second kappa shape index (κ2) is 3.59. The van der Waals surface area contributed by atoms with Crippen molar-refractivity contribution in [2.75, 3.05) is 26.7 Å². The van der Waals surface area contributed by atoms with Gasteiger partial charge in [0.05, 0.1) is 5.41 Å². The van der Waals surface area contributed by atoms with Gasteiger partial charge in [-0.3, -0.25) is 14.5 Å². The number of piperidine rings is 1. The fourth-order valence-corrected chi connectivity index (χ4v) is 2.62. The van der Waals surface area contributed by atoms with Gasteiger partial charge >= 0.3 is 0 Å². The van der Waals surface area contributed by atoms with Crippen molar-refractivity contribution >= 4 is 11.8 Å². The molecule has 0 saturated carbocycles. The molecule has 4 nitrogen and oxygen atoms in total. The third-order valence-electron chi connectivity index (χ3n) is 3.75. The van der Waals surface area contributed by atoms with Crippen LogP contribution >= 0.6 is 0 Å². The van der Waals surface area contributed by atoms with Gasteiger partial charge < -0.3 is 4.90 Å². The van der Waals surface area contributed by atoms with Crippen molar-refractivity contribution in [2.24, 2.45) is 5.41 Å². The molecule has 0 aliphatic carbocycles. The number of carbonyl (C=O) groups is 2. The summed E-state index contributed by atoms with van der Waals surface area (Å²) in [4.78, 5) is 27.4. The van der Waals surface area contributed by atoms with Gasteiger partial charge in [-0.25, -0.2) is 0 Å². The predicted octanol–water partition coefficient (Wildman–Crippen LogP) is 0.477. The van der Waals surface area contributed by atoms with E-state index in [0.717, 1.165) is 25.9 Å². The molecule has 0 unspecified atom stereocenters. The first-order valence-corrected chi connectivity index (χ1v) is 5.62. The smallest absolute Gasteiger partial charge is 0.235 e. The lowest BCUT2D eigenvalue weighted by Crippen LogP contribution is -2.43. The van der Waals surface area contributed by atoms with Crippen LogP contribution in [0.25, 0.3) is 0 Å². The topological polar surface area (TPSA) is 40.6 Å². The van der Waals surface area contributed by atoms with Crippen molar-refractivity contribution in [1.29, 1.82) is 0 Å². The number of rotatable bonds is 1. The van der Waals surface area contributed by atoms with E-state index in [1.807, 2.05) is 6.92 Å². The van der Waals surface area contributed by atoms with Gasteiger partial charge in [0.25, 0.3) is 0 Å². The number of carbonyl (C=O) groups excluding carboxylic acids is 2. The number of imide groups is 1. The summed E-state index contributed by atoms with van der Waals surface area (Å²) in [6.45, 7) is 4.24. The average Bonchev–Trinajstić information content (AvgIpc) is 2.44. The highest BCUT2D eigenvalue weighted by atomic mass is 16.2. The molecular formula is C11H18N2O2. The van der Waals surface area contributed by atoms with E-state index in [2.05, 4.69) is 11.9 Å². The molecule has 2 aliphatic rings. The summed E-state index contributed by atoms with van der Waals surface area (Å²) in [7, 11) is 2.06. The molecule has 1 spiro atoms. The fourth-order valence-electron chi connectivity index (χ4n) is 2.62. The van der Waals surface area contributed by atoms with Gasteiger partial charge in [0, 0.05) is 13.0 Å². The van der Waals surface area contributed by atoms with E-state index >= 15 is 0 Å². The lowest BCUT2D eigenvalue weighted by Gasteiger charge is -2.35. The van der Waals surface area contributed by atoms with E-state index in [1.54, 1.807) is 0 Å². The molecule has 0 aromatic rings. The fraction of sp³-hybridized carbons (Fsp3) is 0.818. The molecule has 0 aromatic heterocycles. The lowest BCUT2D eigenvalue weighted by molar-refractivity contribution is -0.142. The normalized spacial score (nSPS) is 26.7. The highest BCUT2D eigenvalue weighted by Gasteiger charge is 2.51. The zero-order valence-electron chi connectivity index (χ0n) is 9.45. The van der Waals surface area contributed by atoms with Crippen LogP contribution < -0.4 is 0 Å². The summed E-state index contributed by atoms with van der Waals surface area (Å²) in [6.07, 6.45) is 2.11. The number of hydrogen-bond acceptors (Lipinski definition) is 3. The summed E-state index contributed by atoms with van der Waals surface area (Å²) >= 11 is 0. The first-order valence-electron chi connectivity index (χ1n) is 5.62. The Morgan fingerprint density at radius 3 is 2.33 bits per heavy atom. The minimum atomic E-state index is -0.348. The molecule has 15 heavy (non-hydrogen) atoms. The van der Waals surface area contributed by atoms with Gasteiger partial charge in [-0.15, -0.1) is 0 Å². The van der Waals surface area contributed by atoms with Crippen LogP contribution in [0, 0.1) is 5.41 Å². The van der Waals surface area contributed by atoms with E-state index < -0.39 is 0 Å². The first-order chi connectivity index (χ1) is 7.09. The van der Waals surface area contributed by atoms with Crippen molar-refractivity contribution < 1.29 is 9.59 Å². The predicted molar refractivity (Wildman–Crippen MR) is 56.2 cm³/mol. The summed E-state index contributed by atoms with van der Waals surface area (Å²) in [5.41, 5.74) is -0.348. The molecule has 2 fully saturated rings. The summed E-state index contributed by atoms with van der Waals surface area (Å²) in [6, 6.07) is 0. The standard InChI is InChI=1S/C11H18N2O2/c1-3-13-9(14)8-11(10(13)15)4-6-12(2)7-5-11/h3-8H2,1-2H3. The molecule has 2 heterocycles. The van der Waals surface area contributed by atoms with Crippen molar-refractivity contribution in [3.8, 4) is 0 Å². The molecule has 2 amide bonds. The number of nitrogens with zero attached hydrogens (tertiary/aromatic N) is 2. The Morgan fingerprint density at radius 1 is 1.27 bits per heavy atom. The molecule has 0 radical (unpaired) electrons. The maximum absolute atomic E-state index is 12.1. The highest BCUT2D eigenvalue weighted by Crippen LogP contribution is 2.41. The molecule has 84 valence electrons. The van der Waals surface area contributed by atoms with Crippen LogP contribution in [0.15, 0.2) is 0 Å². The average molecular weight is 210 g/mol. The SMILES string of the molecule is CCN1C(=O)CC2(CCN(C)CC2)C1=O. The van der Waals surface area contributed by atoms with Gasteiger partial charge in [-0.05, 0) is 39.9 Å². The van der Waals surface area contributed by atoms with Gasteiger partial charge in [0.1, 0.15) is 0 Å². The zero-order valence-corrected chi connectivity index (χ0v) is 9.45. The summed E-state index contributed by atoms with van der Waals surface area (Å²) in [5, 5.41) is 0. The van der Waals surface area contributed by atoms with Crippen LogP contribution in [0.2, 0.25) is 0 Å². The second-order valence-electron chi connectivity index (χ2n) is 4.70. The van der Waals surface area contributed by atoms with E-state index in [4.69, 9.17) is 0 Å². The molecule has 4 heteroatoms. The van der Waals surface area contributed by atoms with E-state index in [-0.39, 0.29) is 17.2 Å². The Labute approximate surface area is 90.2 Å². The van der Waals surface area contributed by atoms with Crippen molar-refractivity contribution in [3.63, 3.8) is 0 Å². The maximum Gasteiger partial charge on any atom is 0.235 e. The Morgan fingerprint density at radius 2 is 1.87 bits per heavy atom. The van der Waals surface area contributed by atoms with Crippen molar-refractivity contribution in [3.05, 3.63) is 0 Å². The van der Waals surface area contributed by atoms with Crippen molar-refractivity contribution in [1.82, 2.24) is 9.80 Å². The molecule has 0 N–H and O–H groups in total. The van der Waals surface area contributed by atoms with E-state index in [0.29, 0.717) is 13.0 Å². The number of likely N-dealkylation sites (tertiary alicyclic amines) is 2. The minimum absolute atomic E-state index is 0.0204. The van der Waals surface area contributed by atoms with Gasteiger partial charge in [0.2, 0.25) is 11.8 Å². The molecule has 2 rings (SSSR count). The van der Waals surface area contributed by atoms with Crippen LogP contribution in [-0.2, 0) is 9.59 Å². The maximum atomic E-state index is 12.1.